The number of halogens is 1. The highest BCUT2D eigenvalue weighted by molar-refractivity contribution is 6.31. The van der Waals surface area contributed by atoms with Gasteiger partial charge in [-0.15, -0.1) is 6.58 Å². The Morgan fingerprint density at radius 2 is 2.06 bits per heavy atom. The van der Waals surface area contributed by atoms with Gasteiger partial charge in [0, 0.05) is 30.2 Å². The van der Waals surface area contributed by atoms with Crippen LogP contribution >= 0.6 is 11.6 Å². The van der Waals surface area contributed by atoms with Gasteiger partial charge in [0.25, 0.3) is 0 Å². The van der Waals surface area contributed by atoms with E-state index in [1.807, 2.05) is 24.3 Å². The molecule has 0 aliphatic rings. The molecular formula is C15H23ClN2. The first-order valence-corrected chi connectivity index (χ1v) is 6.73. The van der Waals surface area contributed by atoms with Crippen molar-refractivity contribution >= 4 is 11.6 Å². The van der Waals surface area contributed by atoms with Crippen LogP contribution in [0.5, 0.6) is 0 Å². The van der Waals surface area contributed by atoms with Crippen LogP contribution in [-0.4, -0.2) is 31.1 Å². The van der Waals surface area contributed by atoms with Gasteiger partial charge in [-0.2, -0.15) is 0 Å². The molecule has 0 spiro atoms. The second-order valence-corrected chi connectivity index (χ2v) is 5.07. The third-order valence-electron chi connectivity index (χ3n) is 3.39. The molecule has 1 aromatic rings. The minimum atomic E-state index is 0.305. The average molecular weight is 267 g/mol. The zero-order valence-electron chi connectivity index (χ0n) is 11.5. The van der Waals surface area contributed by atoms with E-state index in [0.717, 1.165) is 18.1 Å². The lowest BCUT2D eigenvalue weighted by molar-refractivity contribution is 0.194. The number of rotatable bonds is 7. The highest BCUT2D eigenvalue weighted by Crippen LogP contribution is 2.27. The summed E-state index contributed by atoms with van der Waals surface area (Å²) in [5.41, 5.74) is 1.18. The summed E-state index contributed by atoms with van der Waals surface area (Å²) < 4.78 is 0. The molecule has 1 rings (SSSR count). The van der Waals surface area contributed by atoms with Crippen molar-refractivity contribution in [3.05, 3.63) is 47.5 Å². The molecule has 2 nitrogen and oxygen atoms in total. The second kappa shape index (κ2) is 7.57. The van der Waals surface area contributed by atoms with E-state index in [1.165, 1.54) is 5.56 Å². The van der Waals surface area contributed by atoms with Crippen molar-refractivity contribution in [2.45, 2.75) is 25.9 Å². The molecule has 0 aliphatic heterocycles. The van der Waals surface area contributed by atoms with Crippen LogP contribution in [0.15, 0.2) is 36.9 Å². The van der Waals surface area contributed by atoms with Crippen molar-refractivity contribution in [3.8, 4) is 0 Å². The van der Waals surface area contributed by atoms with Gasteiger partial charge >= 0.3 is 0 Å². The van der Waals surface area contributed by atoms with Crippen LogP contribution in [0.25, 0.3) is 0 Å². The molecule has 18 heavy (non-hydrogen) atoms. The third-order valence-corrected chi connectivity index (χ3v) is 3.73. The number of nitrogens with one attached hydrogen (secondary N) is 1. The lowest BCUT2D eigenvalue weighted by atomic mass is 10.1. The summed E-state index contributed by atoms with van der Waals surface area (Å²) in [7, 11) is 2.13. The molecule has 0 aromatic heterocycles. The standard InChI is InChI=1S/C15H23ClN2/c1-5-10-17-11-12(2)18(4)13(3)14-8-6-7-9-15(14)16/h5-9,12-13,17H,1,10-11H2,2-4H3. The minimum absolute atomic E-state index is 0.305. The Kier molecular flexibility index (Phi) is 6.41. The van der Waals surface area contributed by atoms with Crippen LogP contribution < -0.4 is 5.32 Å². The normalized spacial score (nSPS) is 14.5. The average Bonchev–Trinajstić information content (AvgIpc) is 2.38. The molecule has 0 amide bonds. The smallest absolute Gasteiger partial charge is 0.0453 e. The van der Waals surface area contributed by atoms with Gasteiger partial charge in [-0.05, 0) is 32.5 Å². The third kappa shape index (κ3) is 4.13. The van der Waals surface area contributed by atoms with E-state index in [0.29, 0.717) is 12.1 Å². The molecule has 1 aromatic carbocycles. The van der Waals surface area contributed by atoms with E-state index in [4.69, 9.17) is 11.6 Å². The summed E-state index contributed by atoms with van der Waals surface area (Å²) in [4.78, 5) is 2.33. The van der Waals surface area contributed by atoms with Gasteiger partial charge in [-0.1, -0.05) is 35.9 Å². The summed E-state index contributed by atoms with van der Waals surface area (Å²) in [5.74, 6) is 0. The fourth-order valence-electron chi connectivity index (χ4n) is 1.95. The molecule has 0 saturated carbocycles. The highest BCUT2D eigenvalue weighted by Gasteiger charge is 2.18. The molecule has 0 bridgehead atoms. The zero-order chi connectivity index (χ0) is 13.5. The maximum Gasteiger partial charge on any atom is 0.0453 e. The fraction of sp³-hybridized carbons (Fsp3) is 0.467. The predicted molar refractivity (Wildman–Crippen MR) is 80.2 cm³/mol. The highest BCUT2D eigenvalue weighted by atomic mass is 35.5. The summed E-state index contributed by atoms with van der Waals surface area (Å²) in [5, 5.41) is 4.18. The van der Waals surface area contributed by atoms with Gasteiger partial charge in [0.2, 0.25) is 0 Å². The van der Waals surface area contributed by atoms with Gasteiger partial charge in [-0.3, -0.25) is 4.90 Å². The molecule has 3 heteroatoms. The molecule has 0 radical (unpaired) electrons. The van der Waals surface area contributed by atoms with Crippen molar-refractivity contribution in [3.63, 3.8) is 0 Å². The Hall–Kier alpha value is -0.830. The van der Waals surface area contributed by atoms with Crippen molar-refractivity contribution < 1.29 is 0 Å². The SMILES string of the molecule is C=CCNCC(C)N(C)C(C)c1ccccc1Cl. The van der Waals surface area contributed by atoms with Crippen LogP contribution in [0.1, 0.15) is 25.5 Å². The Bertz CT molecular complexity index is 379. The Morgan fingerprint density at radius 1 is 1.39 bits per heavy atom. The van der Waals surface area contributed by atoms with Crippen LogP contribution in [0.2, 0.25) is 5.02 Å². The molecule has 0 aliphatic carbocycles. The summed E-state index contributed by atoms with van der Waals surface area (Å²) in [6, 6.07) is 8.78. The van der Waals surface area contributed by atoms with E-state index in [1.54, 1.807) is 0 Å². The topological polar surface area (TPSA) is 15.3 Å². The number of hydrogen-bond acceptors (Lipinski definition) is 2. The van der Waals surface area contributed by atoms with Crippen molar-refractivity contribution in [1.82, 2.24) is 10.2 Å². The molecule has 1 N–H and O–H groups in total. The fourth-order valence-corrected chi connectivity index (χ4v) is 2.25. The molecule has 0 saturated heterocycles. The molecule has 100 valence electrons. The molecule has 0 fully saturated rings. The van der Waals surface area contributed by atoms with E-state index >= 15 is 0 Å². The van der Waals surface area contributed by atoms with Gasteiger partial charge < -0.3 is 5.32 Å². The van der Waals surface area contributed by atoms with Gasteiger partial charge in [0.1, 0.15) is 0 Å². The Balaban J connectivity index is 2.63. The number of hydrogen-bond donors (Lipinski definition) is 1. The first-order valence-electron chi connectivity index (χ1n) is 6.36. The second-order valence-electron chi connectivity index (χ2n) is 4.66. The van der Waals surface area contributed by atoms with Crippen LogP contribution in [0.4, 0.5) is 0 Å². The predicted octanol–water partition coefficient (Wildman–Crippen LogP) is 3.50. The lowest BCUT2D eigenvalue weighted by Gasteiger charge is -2.31. The first-order chi connectivity index (χ1) is 8.57. The number of likely N-dealkylation sites (N-methyl/N-ethyl adjacent to an activating group) is 1. The summed E-state index contributed by atoms with van der Waals surface area (Å²) in [6.07, 6.45) is 1.88. The van der Waals surface area contributed by atoms with Gasteiger partial charge in [0.05, 0.1) is 0 Å². The zero-order valence-corrected chi connectivity index (χ0v) is 12.2. The Labute approximate surface area is 116 Å². The van der Waals surface area contributed by atoms with E-state index in [9.17, 15) is 0 Å². The molecule has 0 heterocycles. The summed E-state index contributed by atoms with van der Waals surface area (Å²) >= 11 is 6.24. The Morgan fingerprint density at radius 3 is 2.67 bits per heavy atom. The maximum atomic E-state index is 6.24. The van der Waals surface area contributed by atoms with Crippen LogP contribution in [-0.2, 0) is 0 Å². The first kappa shape index (κ1) is 15.2. The molecular weight excluding hydrogens is 244 g/mol. The molecule has 2 atom stereocenters. The van der Waals surface area contributed by atoms with E-state index < -0.39 is 0 Å². The van der Waals surface area contributed by atoms with Gasteiger partial charge in [-0.25, -0.2) is 0 Å². The van der Waals surface area contributed by atoms with Gasteiger partial charge in [0.15, 0.2) is 0 Å². The van der Waals surface area contributed by atoms with Crippen molar-refractivity contribution in [2.24, 2.45) is 0 Å². The number of benzene rings is 1. The summed E-state index contributed by atoms with van der Waals surface area (Å²) in [6.45, 7) is 9.89. The maximum absolute atomic E-state index is 6.24. The quantitative estimate of drug-likeness (QED) is 0.600. The van der Waals surface area contributed by atoms with Crippen LogP contribution in [0, 0.1) is 0 Å². The van der Waals surface area contributed by atoms with Crippen molar-refractivity contribution in [2.75, 3.05) is 20.1 Å². The van der Waals surface area contributed by atoms with E-state index in [-0.39, 0.29) is 0 Å². The molecule has 2 unspecified atom stereocenters. The van der Waals surface area contributed by atoms with E-state index in [2.05, 4.69) is 43.8 Å². The van der Waals surface area contributed by atoms with Crippen molar-refractivity contribution in [1.29, 1.82) is 0 Å². The monoisotopic (exact) mass is 266 g/mol. The van der Waals surface area contributed by atoms with Crippen LogP contribution in [0.3, 0.4) is 0 Å². The minimum Gasteiger partial charge on any atom is -0.312 e. The number of nitrogens with zero attached hydrogens (tertiary/aromatic N) is 1. The largest absolute Gasteiger partial charge is 0.312 e. The lowest BCUT2D eigenvalue weighted by Crippen LogP contribution is -2.39.